The van der Waals surface area contributed by atoms with Gasteiger partial charge in [0.15, 0.2) is 0 Å². The number of aromatic nitrogens is 1. The average molecular weight is 252 g/mol. The first-order valence-electron chi connectivity index (χ1n) is 7.00. The molecule has 1 fully saturated rings. The highest BCUT2D eigenvalue weighted by Gasteiger charge is 2.29. The second-order valence-electron chi connectivity index (χ2n) is 5.51. The van der Waals surface area contributed by atoms with Crippen LogP contribution < -0.4 is 5.32 Å². The topological polar surface area (TPSA) is 24.9 Å². The smallest absolute Gasteiger partial charge is 0.0271 e. The maximum Gasteiger partial charge on any atom is 0.0271 e. The standard InChI is InChI=1S/C17H20N2/c1-13-2-4-15(5-3-13)16-10-17(11-16)19-12-14-6-8-18-9-7-14/h2-9,16-17,19H,10-12H2,1H3. The van der Waals surface area contributed by atoms with Gasteiger partial charge in [0, 0.05) is 25.0 Å². The van der Waals surface area contributed by atoms with Crippen LogP contribution in [0, 0.1) is 6.92 Å². The Morgan fingerprint density at radius 3 is 2.42 bits per heavy atom. The van der Waals surface area contributed by atoms with Crippen LogP contribution in [0.3, 0.4) is 0 Å². The number of nitrogens with zero attached hydrogens (tertiary/aromatic N) is 1. The third-order valence-electron chi connectivity index (χ3n) is 4.03. The van der Waals surface area contributed by atoms with E-state index in [2.05, 4.69) is 53.6 Å². The number of pyridine rings is 1. The SMILES string of the molecule is Cc1ccc(C2CC(NCc3ccncc3)C2)cc1. The quantitative estimate of drug-likeness (QED) is 0.901. The molecule has 0 bridgehead atoms. The van der Waals surface area contributed by atoms with Gasteiger partial charge in [0.2, 0.25) is 0 Å². The van der Waals surface area contributed by atoms with E-state index in [0.717, 1.165) is 12.5 Å². The van der Waals surface area contributed by atoms with Gasteiger partial charge in [-0.2, -0.15) is 0 Å². The molecule has 2 heteroatoms. The van der Waals surface area contributed by atoms with Gasteiger partial charge in [-0.05, 0) is 48.9 Å². The summed E-state index contributed by atoms with van der Waals surface area (Å²) in [4.78, 5) is 4.04. The van der Waals surface area contributed by atoms with Crippen molar-refractivity contribution in [3.63, 3.8) is 0 Å². The molecule has 1 aromatic carbocycles. The predicted molar refractivity (Wildman–Crippen MR) is 78.0 cm³/mol. The lowest BCUT2D eigenvalue weighted by Crippen LogP contribution is -2.39. The molecule has 2 aromatic rings. The van der Waals surface area contributed by atoms with Gasteiger partial charge in [-0.15, -0.1) is 0 Å². The third kappa shape index (κ3) is 3.02. The number of hydrogen-bond acceptors (Lipinski definition) is 2. The van der Waals surface area contributed by atoms with E-state index in [1.807, 2.05) is 12.4 Å². The molecule has 0 saturated heterocycles. The van der Waals surface area contributed by atoms with Crippen molar-refractivity contribution in [1.29, 1.82) is 0 Å². The summed E-state index contributed by atoms with van der Waals surface area (Å²) in [6, 6.07) is 13.8. The molecule has 0 radical (unpaired) electrons. The Kier molecular flexibility index (Phi) is 3.60. The normalized spacial score (nSPS) is 21.9. The summed E-state index contributed by atoms with van der Waals surface area (Å²) in [6.07, 6.45) is 6.22. The van der Waals surface area contributed by atoms with Gasteiger partial charge >= 0.3 is 0 Å². The largest absolute Gasteiger partial charge is 0.310 e. The van der Waals surface area contributed by atoms with Crippen molar-refractivity contribution in [2.45, 2.75) is 38.3 Å². The van der Waals surface area contributed by atoms with Gasteiger partial charge in [-0.25, -0.2) is 0 Å². The zero-order valence-electron chi connectivity index (χ0n) is 11.3. The van der Waals surface area contributed by atoms with Crippen molar-refractivity contribution >= 4 is 0 Å². The van der Waals surface area contributed by atoms with Crippen LogP contribution in [0.5, 0.6) is 0 Å². The maximum atomic E-state index is 4.04. The average Bonchev–Trinajstić information content (AvgIpc) is 2.40. The van der Waals surface area contributed by atoms with E-state index >= 15 is 0 Å². The van der Waals surface area contributed by atoms with Crippen LogP contribution in [0.25, 0.3) is 0 Å². The molecule has 1 saturated carbocycles. The molecule has 1 aliphatic carbocycles. The summed E-state index contributed by atoms with van der Waals surface area (Å²) in [5.74, 6) is 0.746. The van der Waals surface area contributed by atoms with Gasteiger partial charge < -0.3 is 5.32 Å². The van der Waals surface area contributed by atoms with Gasteiger partial charge in [-0.3, -0.25) is 4.98 Å². The van der Waals surface area contributed by atoms with E-state index in [-0.39, 0.29) is 0 Å². The van der Waals surface area contributed by atoms with E-state index in [0.29, 0.717) is 6.04 Å². The Morgan fingerprint density at radius 1 is 1.05 bits per heavy atom. The lowest BCUT2D eigenvalue weighted by molar-refractivity contribution is 0.289. The van der Waals surface area contributed by atoms with Crippen LogP contribution in [0.4, 0.5) is 0 Å². The van der Waals surface area contributed by atoms with E-state index in [9.17, 15) is 0 Å². The molecule has 2 nitrogen and oxygen atoms in total. The van der Waals surface area contributed by atoms with Crippen LogP contribution >= 0.6 is 0 Å². The number of rotatable bonds is 4. The molecule has 98 valence electrons. The minimum absolute atomic E-state index is 0.666. The molecule has 0 atom stereocenters. The summed E-state index contributed by atoms with van der Waals surface area (Å²) in [7, 11) is 0. The summed E-state index contributed by atoms with van der Waals surface area (Å²) in [6.45, 7) is 3.09. The lowest BCUT2D eigenvalue weighted by atomic mass is 9.75. The van der Waals surface area contributed by atoms with Gasteiger partial charge in [0.25, 0.3) is 0 Å². The van der Waals surface area contributed by atoms with Gasteiger partial charge in [0.05, 0.1) is 0 Å². The second-order valence-corrected chi connectivity index (χ2v) is 5.51. The van der Waals surface area contributed by atoms with E-state index in [1.54, 1.807) is 0 Å². The molecule has 19 heavy (non-hydrogen) atoms. The summed E-state index contributed by atoms with van der Waals surface area (Å²) in [5.41, 5.74) is 4.15. The van der Waals surface area contributed by atoms with Gasteiger partial charge in [0.1, 0.15) is 0 Å². The van der Waals surface area contributed by atoms with Crippen LogP contribution in [-0.4, -0.2) is 11.0 Å². The molecule has 3 rings (SSSR count). The van der Waals surface area contributed by atoms with Crippen molar-refractivity contribution in [3.8, 4) is 0 Å². The molecule has 1 aromatic heterocycles. The number of aryl methyl sites for hydroxylation is 1. The van der Waals surface area contributed by atoms with Crippen molar-refractivity contribution in [2.24, 2.45) is 0 Å². The summed E-state index contributed by atoms with van der Waals surface area (Å²) < 4.78 is 0. The monoisotopic (exact) mass is 252 g/mol. The molecule has 1 heterocycles. The molecule has 1 aliphatic rings. The molecule has 0 spiro atoms. The maximum absolute atomic E-state index is 4.04. The summed E-state index contributed by atoms with van der Waals surface area (Å²) >= 11 is 0. The van der Waals surface area contributed by atoms with Crippen LogP contribution in [0.15, 0.2) is 48.8 Å². The zero-order valence-corrected chi connectivity index (χ0v) is 11.3. The van der Waals surface area contributed by atoms with Crippen molar-refractivity contribution in [3.05, 3.63) is 65.5 Å². The Labute approximate surface area is 114 Å². The Morgan fingerprint density at radius 2 is 1.74 bits per heavy atom. The molecular weight excluding hydrogens is 232 g/mol. The highest BCUT2D eigenvalue weighted by Crippen LogP contribution is 2.36. The molecule has 1 N–H and O–H groups in total. The predicted octanol–water partition coefficient (Wildman–Crippen LogP) is 3.43. The fourth-order valence-electron chi connectivity index (χ4n) is 2.66. The minimum Gasteiger partial charge on any atom is -0.310 e. The van der Waals surface area contributed by atoms with Crippen molar-refractivity contribution < 1.29 is 0 Å². The van der Waals surface area contributed by atoms with Crippen molar-refractivity contribution in [2.75, 3.05) is 0 Å². The zero-order chi connectivity index (χ0) is 13.1. The van der Waals surface area contributed by atoms with Gasteiger partial charge in [-0.1, -0.05) is 29.8 Å². The van der Waals surface area contributed by atoms with Crippen LogP contribution in [-0.2, 0) is 6.54 Å². The first-order valence-corrected chi connectivity index (χ1v) is 7.00. The highest BCUT2D eigenvalue weighted by molar-refractivity contribution is 5.26. The van der Waals surface area contributed by atoms with Crippen molar-refractivity contribution in [1.82, 2.24) is 10.3 Å². The number of nitrogens with one attached hydrogen (secondary N) is 1. The molecule has 0 unspecified atom stereocenters. The lowest BCUT2D eigenvalue weighted by Gasteiger charge is -2.36. The van der Waals surface area contributed by atoms with E-state index in [4.69, 9.17) is 0 Å². The first kappa shape index (κ1) is 12.4. The third-order valence-corrected chi connectivity index (χ3v) is 4.03. The first-order chi connectivity index (χ1) is 9.31. The Bertz CT molecular complexity index is 513. The van der Waals surface area contributed by atoms with E-state index in [1.165, 1.54) is 29.5 Å². The number of hydrogen-bond donors (Lipinski definition) is 1. The fourth-order valence-corrected chi connectivity index (χ4v) is 2.66. The minimum atomic E-state index is 0.666. The van der Waals surface area contributed by atoms with Crippen LogP contribution in [0.1, 0.15) is 35.4 Å². The van der Waals surface area contributed by atoms with Crippen LogP contribution in [0.2, 0.25) is 0 Å². The molecule has 0 amide bonds. The highest BCUT2D eigenvalue weighted by atomic mass is 14.9. The van der Waals surface area contributed by atoms with E-state index < -0.39 is 0 Å². The Hall–Kier alpha value is -1.67. The number of benzene rings is 1. The molecule has 0 aliphatic heterocycles. The second kappa shape index (κ2) is 5.54. The Balaban J connectivity index is 1.47. The molecular formula is C17H20N2. The fraction of sp³-hybridized carbons (Fsp3) is 0.353. The summed E-state index contributed by atoms with van der Waals surface area (Å²) in [5, 5.41) is 3.62.